The molecule has 1 N–H and O–H groups in total. The molecule has 0 saturated heterocycles. The third-order valence-corrected chi connectivity index (χ3v) is 4.05. The number of hydrogen-bond donors (Lipinski definition) is 2. The Balaban J connectivity index is 1.80. The standard InChI is InChI=1S/C14H11N3OS2/c18-13(16-10-4-2-1-3-5-10)11(19)12-15-8-9-6-7-20-14(9)17-12/h1-8,11,19H,(H,16,18). The number of hydrogen-bond acceptors (Lipinski definition) is 5. The van der Waals surface area contributed by atoms with E-state index in [-0.39, 0.29) is 5.91 Å². The van der Waals surface area contributed by atoms with E-state index in [1.807, 2.05) is 41.8 Å². The molecule has 0 aliphatic rings. The second kappa shape index (κ2) is 5.60. The maximum absolute atomic E-state index is 12.1. The van der Waals surface area contributed by atoms with Crippen LogP contribution in [0.4, 0.5) is 5.69 Å². The van der Waals surface area contributed by atoms with Gasteiger partial charge in [0.25, 0.3) is 0 Å². The second-order valence-electron chi connectivity index (χ2n) is 4.17. The molecular weight excluding hydrogens is 290 g/mol. The number of benzene rings is 1. The minimum Gasteiger partial charge on any atom is -0.325 e. The van der Waals surface area contributed by atoms with Crippen LogP contribution in [0.1, 0.15) is 11.1 Å². The van der Waals surface area contributed by atoms with E-state index in [2.05, 4.69) is 27.9 Å². The van der Waals surface area contributed by atoms with Crippen LogP contribution in [0.25, 0.3) is 10.2 Å². The number of nitrogens with zero attached hydrogens (tertiary/aromatic N) is 2. The summed E-state index contributed by atoms with van der Waals surface area (Å²) < 4.78 is 0. The van der Waals surface area contributed by atoms with E-state index >= 15 is 0 Å². The van der Waals surface area contributed by atoms with Gasteiger partial charge in [-0.3, -0.25) is 4.79 Å². The van der Waals surface area contributed by atoms with Crippen LogP contribution in [0.5, 0.6) is 0 Å². The van der Waals surface area contributed by atoms with Gasteiger partial charge in [0, 0.05) is 17.3 Å². The van der Waals surface area contributed by atoms with Gasteiger partial charge >= 0.3 is 0 Å². The molecule has 1 amide bonds. The van der Waals surface area contributed by atoms with Crippen LogP contribution in [0.2, 0.25) is 0 Å². The fourth-order valence-corrected chi connectivity index (χ4v) is 2.69. The number of thiophene rings is 1. The Bertz CT molecular complexity index is 742. The highest BCUT2D eigenvalue weighted by Crippen LogP contribution is 2.23. The number of para-hydroxylation sites is 1. The molecule has 2 aromatic heterocycles. The van der Waals surface area contributed by atoms with Gasteiger partial charge in [-0.25, -0.2) is 9.97 Å². The van der Waals surface area contributed by atoms with Gasteiger partial charge in [-0.15, -0.1) is 11.3 Å². The summed E-state index contributed by atoms with van der Waals surface area (Å²) in [7, 11) is 0. The average molecular weight is 301 g/mol. The van der Waals surface area contributed by atoms with Crippen LogP contribution in [0.3, 0.4) is 0 Å². The fourth-order valence-electron chi connectivity index (χ4n) is 1.75. The first-order valence-corrected chi connectivity index (χ1v) is 7.38. The topological polar surface area (TPSA) is 54.9 Å². The maximum atomic E-state index is 12.1. The zero-order chi connectivity index (χ0) is 13.9. The van der Waals surface area contributed by atoms with Crippen LogP contribution < -0.4 is 5.32 Å². The van der Waals surface area contributed by atoms with Gasteiger partial charge in [0.1, 0.15) is 10.1 Å². The molecule has 0 aliphatic heterocycles. The summed E-state index contributed by atoms with van der Waals surface area (Å²) in [6.45, 7) is 0. The molecule has 0 fully saturated rings. The summed E-state index contributed by atoms with van der Waals surface area (Å²) in [5.41, 5.74) is 0.730. The lowest BCUT2D eigenvalue weighted by Gasteiger charge is -2.10. The SMILES string of the molecule is O=C(Nc1ccccc1)C(S)c1ncc2ccsc2n1. The van der Waals surface area contributed by atoms with Crippen molar-refractivity contribution in [2.75, 3.05) is 5.32 Å². The van der Waals surface area contributed by atoms with E-state index < -0.39 is 5.25 Å². The van der Waals surface area contributed by atoms with Crippen molar-refractivity contribution in [1.29, 1.82) is 0 Å². The molecule has 1 unspecified atom stereocenters. The van der Waals surface area contributed by atoms with E-state index in [1.165, 1.54) is 11.3 Å². The summed E-state index contributed by atoms with van der Waals surface area (Å²) in [5, 5.41) is 5.02. The third-order valence-electron chi connectivity index (χ3n) is 2.76. The summed E-state index contributed by atoms with van der Waals surface area (Å²) in [4.78, 5) is 21.6. The zero-order valence-electron chi connectivity index (χ0n) is 10.4. The van der Waals surface area contributed by atoms with Gasteiger partial charge in [-0.2, -0.15) is 12.6 Å². The summed E-state index contributed by atoms with van der Waals surface area (Å²) >= 11 is 5.84. The molecule has 0 saturated carbocycles. The van der Waals surface area contributed by atoms with Gasteiger partial charge in [-0.1, -0.05) is 18.2 Å². The Morgan fingerprint density at radius 1 is 1.25 bits per heavy atom. The number of nitrogens with one attached hydrogen (secondary N) is 1. The zero-order valence-corrected chi connectivity index (χ0v) is 12.1. The van der Waals surface area contributed by atoms with Crippen LogP contribution in [-0.2, 0) is 4.79 Å². The van der Waals surface area contributed by atoms with Crippen molar-refractivity contribution in [3.63, 3.8) is 0 Å². The molecule has 6 heteroatoms. The molecule has 0 spiro atoms. The highest BCUT2D eigenvalue weighted by atomic mass is 32.1. The molecule has 1 aromatic carbocycles. The Hall–Kier alpha value is -1.92. The van der Waals surface area contributed by atoms with Gasteiger partial charge in [-0.05, 0) is 23.6 Å². The van der Waals surface area contributed by atoms with Gasteiger partial charge < -0.3 is 5.32 Å². The lowest BCUT2D eigenvalue weighted by atomic mass is 10.3. The number of anilines is 1. The monoisotopic (exact) mass is 301 g/mol. The minimum absolute atomic E-state index is 0.240. The van der Waals surface area contributed by atoms with E-state index in [9.17, 15) is 4.79 Å². The molecule has 3 aromatic rings. The molecule has 1 atom stereocenters. The average Bonchev–Trinajstić information content (AvgIpc) is 2.94. The number of amides is 1. The largest absolute Gasteiger partial charge is 0.325 e. The van der Waals surface area contributed by atoms with Gasteiger partial charge in [0.15, 0.2) is 5.82 Å². The molecule has 4 nitrogen and oxygen atoms in total. The quantitative estimate of drug-likeness (QED) is 0.730. The predicted octanol–water partition coefficient (Wildman–Crippen LogP) is 3.30. The lowest BCUT2D eigenvalue weighted by Crippen LogP contribution is -2.19. The maximum Gasteiger partial charge on any atom is 0.245 e. The lowest BCUT2D eigenvalue weighted by molar-refractivity contribution is -0.115. The van der Waals surface area contributed by atoms with Crippen molar-refractivity contribution in [3.8, 4) is 0 Å². The molecule has 100 valence electrons. The van der Waals surface area contributed by atoms with Crippen LogP contribution in [-0.4, -0.2) is 15.9 Å². The molecule has 0 radical (unpaired) electrons. The van der Waals surface area contributed by atoms with Crippen molar-refractivity contribution in [2.24, 2.45) is 0 Å². The number of carbonyl (C=O) groups is 1. The van der Waals surface area contributed by atoms with Crippen LogP contribution >= 0.6 is 24.0 Å². The summed E-state index contributed by atoms with van der Waals surface area (Å²) in [6, 6.07) is 11.2. The minimum atomic E-state index is -0.693. The van der Waals surface area contributed by atoms with Gasteiger partial charge in [0.2, 0.25) is 5.91 Å². The van der Waals surface area contributed by atoms with E-state index in [4.69, 9.17) is 0 Å². The number of carbonyl (C=O) groups excluding carboxylic acids is 1. The number of rotatable bonds is 3. The highest BCUT2D eigenvalue weighted by molar-refractivity contribution is 7.81. The number of thiol groups is 1. The van der Waals surface area contributed by atoms with E-state index in [0.29, 0.717) is 5.82 Å². The number of fused-ring (bicyclic) bond motifs is 1. The van der Waals surface area contributed by atoms with Crippen molar-refractivity contribution >= 4 is 45.8 Å². The van der Waals surface area contributed by atoms with Crippen molar-refractivity contribution in [1.82, 2.24) is 9.97 Å². The molecule has 0 bridgehead atoms. The van der Waals surface area contributed by atoms with Gasteiger partial charge in [0.05, 0.1) is 0 Å². The predicted molar refractivity (Wildman–Crippen MR) is 84.2 cm³/mol. The van der Waals surface area contributed by atoms with Crippen LogP contribution in [0, 0.1) is 0 Å². The second-order valence-corrected chi connectivity index (χ2v) is 5.58. The Kier molecular flexibility index (Phi) is 3.66. The molecule has 0 aliphatic carbocycles. The van der Waals surface area contributed by atoms with Crippen LogP contribution in [0.15, 0.2) is 48.0 Å². The summed E-state index contributed by atoms with van der Waals surface area (Å²) in [6.07, 6.45) is 1.72. The Morgan fingerprint density at radius 3 is 2.85 bits per heavy atom. The Labute approximate surface area is 125 Å². The smallest absolute Gasteiger partial charge is 0.245 e. The third kappa shape index (κ3) is 2.66. The van der Waals surface area contributed by atoms with Crippen molar-refractivity contribution in [2.45, 2.75) is 5.25 Å². The molecular formula is C14H11N3OS2. The number of aromatic nitrogens is 2. The fraction of sp³-hybridized carbons (Fsp3) is 0.0714. The molecule has 3 rings (SSSR count). The summed E-state index contributed by atoms with van der Waals surface area (Å²) in [5.74, 6) is 0.173. The first-order valence-electron chi connectivity index (χ1n) is 5.98. The van der Waals surface area contributed by atoms with Crippen molar-refractivity contribution in [3.05, 3.63) is 53.8 Å². The van der Waals surface area contributed by atoms with Crippen molar-refractivity contribution < 1.29 is 4.79 Å². The first kappa shape index (κ1) is 13.1. The Morgan fingerprint density at radius 2 is 2.05 bits per heavy atom. The first-order chi connectivity index (χ1) is 9.74. The molecule has 20 heavy (non-hydrogen) atoms. The normalized spacial score (nSPS) is 12.2. The van der Waals surface area contributed by atoms with E-state index in [0.717, 1.165) is 15.9 Å². The molecule has 2 heterocycles. The highest BCUT2D eigenvalue weighted by Gasteiger charge is 2.19. The van der Waals surface area contributed by atoms with E-state index in [1.54, 1.807) is 6.20 Å².